The lowest BCUT2D eigenvalue weighted by Crippen LogP contribution is -2.36. The normalized spacial score (nSPS) is 10.9. The van der Waals surface area contributed by atoms with Gasteiger partial charge in [0.1, 0.15) is 6.61 Å². The largest absolute Gasteiger partial charge is 0.390 e. The van der Waals surface area contributed by atoms with E-state index in [-0.39, 0.29) is 6.61 Å². The van der Waals surface area contributed by atoms with Gasteiger partial charge in [0.05, 0.1) is 0 Å². The van der Waals surface area contributed by atoms with Crippen LogP contribution >= 0.6 is 11.6 Å². The number of pyridine rings is 1. The Morgan fingerprint density at radius 2 is 2.13 bits per heavy atom. The first-order valence-corrected chi connectivity index (χ1v) is 5.29. The first-order valence-electron chi connectivity index (χ1n) is 4.91. The molecule has 0 saturated heterocycles. The highest BCUT2D eigenvalue weighted by atomic mass is 35.5. The van der Waals surface area contributed by atoms with E-state index < -0.39 is 0 Å². The summed E-state index contributed by atoms with van der Waals surface area (Å²) < 4.78 is 2.01. The second kappa shape index (κ2) is 4.17. The summed E-state index contributed by atoms with van der Waals surface area (Å²) in [4.78, 5) is 0. The number of fused-ring (bicyclic) bond motifs is 1. The third-order valence-corrected chi connectivity index (χ3v) is 2.77. The van der Waals surface area contributed by atoms with E-state index >= 15 is 0 Å². The molecule has 2 aromatic rings. The lowest BCUT2D eigenvalue weighted by molar-refractivity contribution is -0.672. The van der Waals surface area contributed by atoms with Gasteiger partial charge in [-0.05, 0) is 24.6 Å². The van der Waals surface area contributed by atoms with Crippen molar-refractivity contribution in [1.29, 1.82) is 0 Å². The molecule has 0 aliphatic heterocycles. The van der Waals surface area contributed by atoms with Gasteiger partial charge < -0.3 is 5.11 Å². The van der Waals surface area contributed by atoms with Crippen molar-refractivity contribution in [3.8, 4) is 0 Å². The maximum absolute atomic E-state index is 8.96. The molecule has 0 unspecified atom stereocenters. The van der Waals surface area contributed by atoms with Crippen molar-refractivity contribution in [2.24, 2.45) is 0 Å². The molecular formula is C12H13ClNO+. The Morgan fingerprint density at radius 3 is 2.87 bits per heavy atom. The number of rotatable bonds is 2. The van der Waals surface area contributed by atoms with Crippen LogP contribution in [0.5, 0.6) is 0 Å². The first kappa shape index (κ1) is 10.4. The summed E-state index contributed by atoms with van der Waals surface area (Å²) >= 11 is 5.97. The molecule has 0 radical (unpaired) electrons. The molecule has 1 aromatic heterocycles. The maximum Gasteiger partial charge on any atom is 0.214 e. The molecule has 1 aromatic carbocycles. The van der Waals surface area contributed by atoms with E-state index in [0.29, 0.717) is 6.54 Å². The fourth-order valence-electron chi connectivity index (χ4n) is 1.75. The number of aliphatic hydroxyl groups excluding tert-OH is 1. The van der Waals surface area contributed by atoms with Gasteiger partial charge in [0.25, 0.3) is 0 Å². The average molecular weight is 223 g/mol. The molecule has 0 amide bonds. The highest BCUT2D eigenvalue weighted by Crippen LogP contribution is 2.19. The summed E-state index contributed by atoms with van der Waals surface area (Å²) in [6, 6.07) is 7.88. The van der Waals surface area contributed by atoms with Crippen LogP contribution in [0, 0.1) is 6.92 Å². The Bertz CT molecular complexity index is 496. The summed E-state index contributed by atoms with van der Waals surface area (Å²) in [6.45, 7) is 2.80. The Balaban J connectivity index is 2.72. The molecule has 78 valence electrons. The van der Waals surface area contributed by atoms with Crippen LogP contribution < -0.4 is 4.57 Å². The minimum Gasteiger partial charge on any atom is -0.390 e. The van der Waals surface area contributed by atoms with E-state index in [2.05, 4.69) is 6.92 Å². The quantitative estimate of drug-likeness (QED) is 0.773. The third kappa shape index (κ3) is 1.96. The highest BCUT2D eigenvalue weighted by molar-refractivity contribution is 6.31. The minimum atomic E-state index is 0.134. The van der Waals surface area contributed by atoms with Gasteiger partial charge in [-0.2, -0.15) is 4.57 Å². The zero-order valence-electron chi connectivity index (χ0n) is 8.57. The molecule has 15 heavy (non-hydrogen) atoms. The van der Waals surface area contributed by atoms with Gasteiger partial charge in [0.2, 0.25) is 5.52 Å². The molecule has 0 fully saturated rings. The second-order valence-electron chi connectivity index (χ2n) is 3.58. The van der Waals surface area contributed by atoms with E-state index in [1.165, 1.54) is 10.9 Å². The van der Waals surface area contributed by atoms with Gasteiger partial charge in [0.15, 0.2) is 12.7 Å². The van der Waals surface area contributed by atoms with Crippen molar-refractivity contribution in [1.82, 2.24) is 0 Å². The van der Waals surface area contributed by atoms with Crippen LogP contribution in [0.2, 0.25) is 5.02 Å². The maximum atomic E-state index is 8.96. The topological polar surface area (TPSA) is 24.1 Å². The molecule has 1 heterocycles. The van der Waals surface area contributed by atoms with Crippen molar-refractivity contribution in [2.75, 3.05) is 6.61 Å². The molecule has 0 saturated carbocycles. The molecule has 3 heteroatoms. The van der Waals surface area contributed by atoms with Crippen molar-refractivity contribution in [3.63, 3.8) is 0 Å². The number of aliphatic hydroxyl groups is 1. The van der Waals surface area contributed by atoms with Crippen LogP contribution in [0.1, 0.15) is 5.56 Å². The Morgan fingerprint density at radius 1 is 1.33 bits per heavy atom. The van der Waals surface area contributed by atoms with Crippen LogP contribution in [0.4, 0.5) is 0 Å². The summed E-state index contributed by atoms with van der Waals surface area (Å²) in [7, 11) is 0. The van der Waals surface area contributed by atoms with E-state index in [1.807, 2.05) is 35.0 Å². The minimum absolute atomic E-state index is 0.134. The number of benzene rings is 1. The smallest absolute Gasteiger partial charge is 0.214 e. The van der Waals surface area contributed by atoms with Gasteiger partial charge in [-0.3, -0.25) is 0 Å². The number of hydrogen-bond acceptors (Lipinski definition) is 1. The molecule has 0 bridgehead atoms. The molecule has 1 N–H and O–H groups in total. The number of hydrogen-bond donors (Lipinski definition) is 1. The monoisotopic (exact) mass is 222 g/mol. The van der Waals surface area contributed by atoms with Crippen LogP contribution in [0.3, 0.4) is 0 Å². The Labute approximate surface area is 93.7 Å². The number of halogens is 1. The Kier molecular flexibility index (Phi) is 2.89. The second-order valence-corrected chi connectivity index (χ2v) is 4.01. The van der Waals surface area contributed by atoms with Crippen LogP contribution in [-0.2, 0) is 6.54 Å². The summed E-state index contributed by atoms with van der Waals surface area (Å²) in [5.41, 5.74) is 2.28. The summed E-state index contributed by atoms with van der Waals surface area (Å²) in [5.74, 6) is 0. The predicted molar refractivity (Wildman–Crippen MR) is 61.0 cm³/mol. The van der Waals surface area contributed by atoms with Crippen molar-refractivity contribution >= 4 is 22.5 Å². The average Bonchev–Trinajstić information content (AvgIpc) is 2.22. The van der Waals surface area contributed by atoms with E-state index in [4.69, 9.17) is 16.7 Å². The van der Waals surface area contributed by atoms with Crippen molar-refractivity contribution < 1.29 is 9.67 Å². The molecule has 0 spiro atoms. The highest BCUT2D eigenvalue weighted by Gasteiger charge is 2.10. The SMILES string of the molecule is Cc1cc[n+](CCO)c2cc(Cl)ccc12. The van der Waals surface area contributed by atoms with E-state index in [0.717, 1.165) is 10.5 Å². The van der Waals surface area contributed by atoms with Gasteiger partial charge in [-0.15, -0.1) is 0 Å². The van der Waals surface area contributed by atoms with Crippen molar-refractivity contribution in [2.45, 2.75) is 13.5 Å². The van der Waals surface area contributed by atoms with E-state index in [1.54, 1.807) is 0 Å². The number of nitrogens with zero attached hydrogens (tertiary/aromatic N) is 1. The van der Waals surface area contributed by atoms with Gasteiger partial charge >= 0.3 is 0 Å². The molecule has 0 aliphatic carbocycles. The van der Waals surface area contributed by atoms with Gasteiger partial charge in [0, 0.05) is 22.5 Å². The standard InChI is InChI=1S/C12H13ClNO/c1-9-4-5-14(6-7-15)12-8-10(13)2-3-11(9)12/h2-5,8,15H,6-7H2,1H3/q+1. The zero-order valence-corrected chi connectivity index (χ0v) is 9.33. The van der Waals surface area contributed by atoms with Gasteiger partial charge in [-0.1, -0.05) is 11.6 Å². The summed E-state index contributed by atoms with van der Waals surface area (Å²) in [6.07, 6.45) is 1.98. The van der Waals surface area contributed by atoms with Crippen LogP contribution in [0.15, 0.2) is 30.5 Å². The molecule has 0 atom stereocenters. The van der Waals surface area contributed by atoms with E-state index in [9.17, 15) is 0 Å². The molecule has 2 rings (SSSR count). The third-order valence-electron chi connectivity index (χ3n) is 2.54. The lowest BCUT2D eigenvalue weighted by Gasteiger charge is -2.02. The number of aryl methyl sites for hydroxylation is 1. The number of aromatic nitrogens is 1. The van der Waals surface area contributed by atoms with Crippen LogP contribution in [-0.4, -0.2) is 11.7 Å². The lowest BCUT2D eigenvalue weighted by atomic mass is 10.1. The Hall–Kier alpha value is -1.12. The summed E-state index contributed by atoms with van der Waals surface area (Å²) in [5, 5.41) is 10.9. The van der Waals surface area contributed by atoms with Crippen LogP contribution in [0.25, 0.3) is 10.9 Å². The van der Waals surface area contributed by atoms with Gasteiger partial charge in [-0.25, -0.2) is 0 Å². The predicted octanol–water partition coefficient (Wildman–Crippen LogP) is 2.08. The fourth-order valence-corrected chi connectivity index (χ4v) is 1.92. The molecular weight excluding hydrogens is 210 g/mol. The van der Waals surface area contributed by atoms with Crippen molar-refractivity contribution in [3.05, 3.63) is 41.0 Å². The molecule has 0 aliphatic rings. The first-order chi connectivity index (χ1) is 7.22. The molecule has 2 nitrogen and oxygen atoms in total. The zero-order chi connectivity index (χ0) is 10.8. The fraction of sp³-hybridized carbons (Fsp3) is 0.250.